The Morgan fingerprint density at radius 2 is 2.05 bits per heavy atom. The molecule has 0 unspecified atom stereocenters. The maximum atomic E-state index is 11.6. The molecule has 2 heterocycles. The molecule has 20 heavy (non-hydrogen) atoms. The van der Waals surface area contributed by atoms with Gasteiger partial charge in [0, 0.05) is 37.3 Å². The molecule has 6 nitrogen and oxygen atoms in total. The number of hydrogen-bond acceptors (Lipinski definition) is 5. The van der Waals surface area contributed by atoms with Crippen molar-refractivity contribution in [1.29, 1.82) is 0 Å². The number of aromatic nitrogens is 3. The predicted octanol–water partition coefficient (Wildman–Crippen LogP) is 1.84. The number of amides is 1. The highest BCUT2D eigenvalue weighted by Gasteiger charge is 2.10. The normalized spacial score (nSPS) is 10.8. The van der Waals surface area contributed by atoms with E-state index < -0.39 is 0 Å². The molecule has 2 rings (SSSR count). The second-order valence-corrected chi connectivity index (χ2v) is 4.93. The molecule has 1 amide bonds. The second kappa shape index (κ2) is 6.79. The zero-order valence-electron chi connectivity index (χ0n) is 11.7. The highest BCUT2D eigenvalue weighted by Crippen LogP contribution is 2.16. The van der Waals surface area contributed by atoms with Crippen LogP contribution < -0.4 is 5.32 Å². The zero-order valence-corrected chi connectivity index (χ0v) is 11.7. The predicted molar refractivity (Wildman–Crippen MR) is 73.7 cm³/mol. The molecule has 0 aliphatic heterocycles. The number of carbonyl (C=O) groups is 1. The van der Waals surface area contributed by atoms with Crippen LogP contribution in [0, 0.1) is 5.92 Å². The summed E-state index contributed by atoms with van der Waals surface area (Å²) in [4.78, 5) is 15.5. The van der Waals surface area contributed by atoms with Gasteiger partial charge in [-0.2, -0.15) is 0 Å². The Balaban J connectivity index is 1.86. The van der Waals surface area contributed by atoms with Crippen molar-refractivity contribution >= 4 is 5.91 Å². The van der Waals surface area contributed by atoms with Gasteiger partial charge in [-0.25, -0.2) is 0 Å². The van der Waals surface area contributed by atoms with Crippen LogP contribution in [0.15, 0.2) is 28.9 Å². The molecule has 0 spiro atoms. The van der Waals surface area contributed by atoms with Crippen LogP contribution in [0.1, 0.15) is 26.2 Å². The third-order valence-corrected chi connectivity index (χ3v) is 2.67. The van der Waals surface area contributed by atoms with Crippen molar-refractivity contribution in [2.75, 3.05) is 6.54 Å². The first-order valence-corrected chi connectivity index (χ1v) is 6.64. The van der Waals surface area contributed by atoms with E-state index in [1.807, 2.05) is 0 Å². The van der Waals surface area contributed by atoms with Crippen molar-refractivity contribution < 1.29 is 9.21 Å². The van der Waals surface area contributed by atoms with E-state index in [-0.39, 0.29) is 5.91 Å². The molecule has 2 aromatic heterocycles. The van der Waals surface area contributed by atoms with Crippen LogP contribution in [0.4, 0.5) is 0 Å². The van der Waals surface area contributed by atoms with Crippen LogP contribution in [0.3, 0.4) is 0 Å². The molecular weight excluding hydrogens is 256 g/mol. The maximum absolute atomic E-state index is 11.6. The van der Waals surface area contributed by atoms with Crippen molar-refractivity contribution in [2.24, 2.45) is 5.92 Å². The first-order chi connectivity index (χ1) is 9.65. The van der Waals surface area contributed by atoms with Gasteiger partial charge in [-0.05, 0) is 18.1 Å². The molecule has 0 aromatic carbocycles. The highest BCUT2D eigenvalue weighted by atomic mass is 16.4. The number of nitrogens with zero attached hydrogens (tertiary/aromatic N) is 3. The standard InChI is InChI=1S/C14H18N4O2/c1-10(2)9-16-12(19)3-4-13-17-18-14(20-13)11-5-7-15-8-6-11/h5-8,10H,3-4,9H2,1-2H3,(H,16,19). The van der Waals surface area contributed by atoms with Gasteiger partial charge in [0.15, 0.2) is 0 Å². The summed E-state index contributed by atoms with van der Waals surface area (Å²) in [5.41, 5.74) is 0.822. The van der Waals surface area contributed by atoms with Gasteiger partial charge in [0.25, 0.3) is 0 Å². The molecule has 0 bridgehead atoms. The summed E-state index contributed by atoms with van der Waals surface area (Å²) < 4.78 is 5.52. The summed E-state index contributed by atoms with van der Waals surface area (Å²) in [6, 6.07) is 3.60. The number of aryl methyl sites for hydroxylation is 1. The summed E-state index contributed by atoms with van der Waals surface area (Å²) in [5.74, 6) is 1.37. The SMILES string of the molecule is CC(C)CNC(=O)CCc1nnc(-c2ccncc2)o1. The first kappa shape index (κ1) is 14.2. The van der Waals surface area contributed by atoms with E-state index in [1.54, 1.807) is 24.5 Å². The van der Waals surface area contributed by atoms with Gasteiger partial charge in [-0.15, -0.1) is 10.2 Å². The molecule has 0 radical (unpaired) electrons. The number of pyridine rings is 1. The van der Waals surface area contributed by atoms with Crippen molar-refractivity contribution in [2.45, 2.75) is 26.7 Å². The van der Waals surface area contributed by atoms with Crippen LogP contribution in [0.5, 0.6) is 0 Å². The number of carbonyl (C=O) groups excluding carboxylic acids is 1. The molecule has 0 saturated heterocycles. The molecular formula is C14H18N4O2. The van der Waals surface area contributed by atoms with Crippen molar-refractivity contribution in [3.63, 3.8) is 0 Å². The topological polar surface area (TPSA) is 80.9 Å². The second-order valence-electron chi connectivity index (χ2n) is 4.93. The largest absolute Gasteiger partial charge is 0.421 e. The minimum Gasteiger partial charge on any atom is -0.421 e. The van der Waals surface area contributed by atoms with Gasteiger partial charge >= 0.3 is 0 Å². The Morgan fingerprint density at radius 1 is 1.30 bits per heavy atom. The first-order valence-electron chi connectivity index (χ1n) is 6.64. The molecule has 0 saturated carbocycles. The van der Waals surface area contributed by atoms with Gasteiger partial charge in [0.1, 0.15) is 0 Å². The Hall–Kier alpha value is -2.24. The van der Waals surface area contributed by atoms with E-state index in [2.05, 4.69) is 34.3 Å². The average Bonchev–Trinajstić information content (AvgIpc) is 2.93. The van der Waals surface area contributed by atoms with E-state index in [9.17, 15) is 4.79 Å². The third kappa shape index (κ3) is 4.15. The minimum atomic E-state index is 0.00219. The van der Waals surface area contributed by atoms with E-state index in [1.165, 1.54) is 0 Å². The lowest BCUT2D eigenvalue weighted by Crippen LogP contribution is -2.27. The Bertz CT molecular complexity index is 551. The lowest BCUT2D eigenvalue weighted by molar-refractivity contribution is -0.121. The fraction of sp³-hybridized carbons (Fsp3) is 0.429. The molecule has 1 N–H and O–H groups in total. The van der Waals surface area contributed by atoms with Crippen LogP contribution >= 0.6 is 0 Å². The van der Waals surface area contributed by atoms with Gasteiger partial charge < -0.3 is 9.73 Å². The van der Waals surface area contributed by atoms with Crippen LogP contribution in [-0.2, 0) is 11.2 Å². The molecule has 0 aliphatic rings. The Labute approximate surface area is 117 Å². The molecule has 0 atom stereocenters. The summed E-state index contributed by atoms with van der Waals surface area (Å²) in [6.45, 7) is 4.80. The van der Waals surface area contributed by atoms with Gasteiger partial charge in [-0.1, -0.05) is 13.8 Å². The lowest BCUT2D eigenvalue weighted by Gasteiger charge is -2.06. The van der Waals surface area contributed by atoms with Crippen molar-refractivity contribution in [1.82, 2.24) is 20.5 Å². The van der Waals surface area contributed by atoms with Crippen molar-refractivity contribution in [3.8, 4) is 11.5 Å². The van der Waals surface area contributed by atoms with Crippen LogP contribution in [0.2, 0.25) is 0 Å². The van der Waals surface area contributed by atoms with Gasteiger partial charge in [0.2, 0.25) is 17.7 Å². The Morgan fingerprint density at radius 3 is 2.75 bits per heavy atom. The van der Waals surface area contributed by atoms with Crippen LogP contribution in [-0.4, -0.2) is 27.6 Å². The van der Waals surface area contributed by atoms with E-state index >= 15 is 0 Å². The fourth-order valence-electron chi connectivity index (χ4n) is 1.59. The summed E-state index contributed by atoms with van der Waals surface area (Å²) in [7, 11) is 0. The van der Waals surface area contributed by atoms with E-state index in [0.717, 1.165) is 5.56 Å². The molecule has 106 valence electrons. The summed E-state index contributed by atoms with van der Waals surface area (Å²) in [5, 5.41) is 10.8. The molecule has 0 fully saturated rings. The fourth-order valence-corrected chi connectivity index (χ4v) is 1.59. The van der Waals surface area contributed by atoms with E-state index in [0.29, 0.717) is 37.1 Å². The quantitative estimate of drug-likeness (QED) is 0.869. The Kier molecular flexibility index (Phi) is 4.81. The van der Waals surface area contributed by atoms with Gasteiger partial charge in [-0.3, -0.25) is 9.78 Å². The average molecular weight is 274 g/mol. The number of hydrogen-bond donors (Lipinski definition) is 1. The van der Waals surface area contributed by atoms with Crippen LogP contribution in [0.25, 0.3) is 11.5 Å². The molecule has 2 aromatic rings. The highest BCUT2D eigenvalue weighted by molar-refractivity contribution is 5.75. The summed E-state index contributed by atoms with van der Waals surface area (Å²) >= 11 is 0. The minimum absolute atomic E-state index is 0.00219. The summed E-state index contributed by atoms with van der Waals surface area (Å²) in [6.07, 6.45) is 4.13. The molecule has 0 aliphatic carbocycles. The third-order valence-electron chi connectivity index (χ3n) is 2.67. The zero-order chi connectivity index (χ0) is 14.4. The maximum Gasteiger partial charge on any atom is 0.247 e. The molecule has 6 heteroatoms. The number of rotatable bonds is 6. The lowest BCUT2D eigenvalue weighted by atomic mass is 10.2. The smallest absolute Gasteiger partial charge is 0.247 e. The van der Waals surface area contributed by atoms with Gasteiger partial charge in [0.05, 0.1) is 0 Å². The van der Waals surface area contributed by atoms with Crippen molar-refractivity contribution in [3.05, 3.63) is 30.4 Å². The monoisotopic (exact) mass is 274 g/mol. The van der Waals surface area contributed by atoms with E-state index in [4.69, 9.17) is 4.42 Å². The number of nitrogens with one attached hydrogen (secondary N) is 1.